The lowest BCUT2D eigenvalue weighted by molar-refractivity contribution is -0.140. The van der Waals surface area contributed by atoms with Crippen LogP contribution in [0.1, 0.15) is 19.0 Å². The molecule has 21 heavy (non-hydrogen) atoms. The monoisotopic (exact) mass is 368 g/mol. The fourth-order valence-corrected chi connectivity index (χ4v) is 2.36. The second-order valence-corrected chi connectivity index (χ2v) is 5.15. The Bertz CT molecular complexity index is 685. The standard InChI is InChI=1S/C13H10BrF5N2/c1-2-3-20-8-5-9(13(17,18)19)21-12-7(16)4-6(15)11(14)10(8)12/h4-5H,2-3H2,1H3,(H,20,21). The lowest BCUT2D eigenvalue weighted by atomic mass is 10.1. The smallest absolute Gasteiger partial charge is 0.384 e. The average molecular weight is 369 g/mol. The number of fused-ring (bicyclic) bond motifs is 1. The first-order valence-corrected chi connectivity index (χ1v) is 6.84. The van der Waals surface area contributed by atoms with E-state index in [-0.39, 0.29) is 15.5 Å². The van der Waals surface area contributed by atoms with E-state index in [1.807, 2.05) is 6.92 Å². The highest BCUT2D eigenvalue weighted by Gasteiger charge is 2.34. The van der Waals surface area contributed by atoms with Gasteiger partial charge in [-0.15, -0.1) is 0 Å². The summed E-state index contributed by atoms with van der Waals surface area (Å²) in [6.07, 6.45) is -4.08. The summed E-state index contributed by atoms with van der Waals surface area (Å²) in [6, 6.07) is 1.25. The zero-order valence-corrected chi connectivity index (χ0v) is 12.4. The van der Waals surface area contributed by atoms with E-state index >= 15 is 0 Å². The summed E-state index contributed by atoms with van der Waals surface area (Å²) in [6.45, 7) is 2.18. The molecule has 2 nitrogen and oxygen atoms in total. The van der Waals surface area contributed by atoms with Crippen molar-refractivity contribution in [3.05, 3.63) is 33.9 Å². The number of anilines is 1. The molecule has 0 radical (unpaired) electrons. The first kappa shape index (κ1) is 15.9. The van der Waals surface area contributed by atoms with Crippen LogP contribution in [0.25, 0.3) is 10.9 Å². The zero-order chi connectivity index (χ0) is 15.8. The number of nitrogens with one attached hydrogen (secondary N) is 1. The highest BCUT2D eigenvalue weighted by atomic mass is 79.9. The SMILES string of the molecule is CCCNc1cc(C(F)(F)F)nc2c(F)cc(F)c(Br)c12. The minimum atomic E-state index is -4.72. The minimum absolute atomic E-state index is 0.0144. The van der Waals surface area contributed by atoms with Gasteiger partial charge in [-0.25, -0.2) is 13.8 Å². The number of hydrogen-bond donors (Lipinski definition) is 1. The second-order valence-electron chi connectivity index (χ2n) is 4.36. The topological polar surface area (TPSA) is 24.9 Å². The molecule has 1 aromatic carbocycles. The van der Waals surface area contributed by atoms with Crippen molar-refractivity contribution in [2.75, 3.05) is 11.9 Å². The van der Waals surface area contributed by atoms with Crippen LogP contribution in [0.2, 0.25) is 0 Å². The van der Waals surface area contributed by atoms with E-state index in [9.17, 15) is 22.0 Å². The Morgan fingerprint density at radius 1 is 1.19 bits per heavy atom. The largest absolute Gasteiger partial charge is 0.433 e. The van der Waals surface area contributed by atoms with E-state index in [1.165, 1.54) is 0 Å². The van der Waals surface area contributed by atoms with E-state index < -0.39 is 29.0 Å². The molecule has 0 saturated heterocycles. The molecule has 0 saturated carbocycles. The van der Waals surface area contributed by atoms with Crippen LogP contribution >= 0.6 is 15.9 Å². The Balaban J connectivity index is 2.81. The Labute approximate surface area is 125 Å². The molecule has 1 heterocycles. The maximum Gasteiger partial charge on any atom is 0.433 e. The third-order valence-corrected chi connectivity index (χ3v) is 3.56. The van der Waals surface area contributed by atoms with Crippen molar-refractivity contribution in [3.8, 4) is 0 Å². The molecule has 0 unspecified atom stereocenters. The molecule has 0 fully saturated rings. The molecule has 2 aromatic rings. The Kier molecular flexibility index (Phi) is 4.36. The number of pyridine rings is 1. The molecule has 0 aliphatic heterocycles. The van der Waals surface area contributed by atoms with Crippen LogP contribution in [0.3, 0.4) is 0 Å². The average Bonchev–Trinajstić information content (AvgIpc) is 2.40. The normalized spacial score (nSPS) is 12.0. The summed E-state index contributed by atoms with van der Waals surface area (Å²) < 4.78 is 65.7. The van der Waals surface area contributed by atoms with Crippen LogP contribution in [0, 0.1) is 11.6 Å². The number of aromatic nitrogens is 1. The lowest BCUT2D eigenvalue weighted by Crippen LogP contribution is -2.11. The van der Waals surface area contributed by atoms with Crippen molar-refractivity contribution in [2.24, 2.45) is 0 Å². The molecule has 0 atom stereocenters. The van der Waals surface area contributed by atoms with Crippen LogP contribution < -0.4 is 5.32 Å². The first-order valence-electron chi connectivity index (χ1n) is 6.05. The van der Waals surface area contributed by atoms with Gasteiger partial charge >= 0.3 is 6.18 Å². The van der Waals surface area contributed by atoms with Gasteiger partial charge in [0.05, 0.1) is 4.47 Å². The number of benzene rings is 1. The maximum absolute atomic E-state index is 13.8. The van der Waals surface area contributed by atoms with Crippen LogP contribution in [-0.4, -0.2) is 11.5 Å². The summed E-state index contributed by atoms with van der Waals surface area (Å²) in [5.41, 5.74) is -1.78. The van der Waals surface area contributed by atoms with Gasteiger partial charge in [-0.3, -0.25) is 0 Å². The van der Waals surface area contributed by atoms with Crippen LogP contribution in [0.15, 0.2) is 16.6 Å². The molecule has 1 N–H and O–H groups in total. The van der Waals surface area contributed by atoms with Crippen molar-refractivity contribution in [1.29, 1.82) is 0 Å². The number of halogens is 6. The molecule has 0 amide bonds. The van der Waals surface area contributed by atoms with Crippen molar-refractivity contribution in [1.82, 2.24) is 4.98 Å². The van der Waals surface area contributed by atoms with E-state index in [0.29, 0.717) is 19.0 Å². The molecule has 1 aromatic heterocycles. The van der Waals surface area contributed by atoms with Gasteiger partial charge in [0.15, 0.2) is 5.82 Å². The van der Waals surface area contributed by atoms with Gasteiger partial charge in [0, 0.05) is 23.7 Å². The van der Waals surface area contributed by atoms with Crippen molar-refractivity contribution in [3.63, 3.8) is 0 Å². The second kappa shape index (κ2) is 5.75. The fraction of sp³-hybridized carbons (Fsp3) is 0.308. The molecular formula is C13H10BrF5N2. The van der Waals surface area contributed by atoms with E-state index in [0.717, 1.165) is 6.07 Å². The molecule has 0 aliphatic rings. The summed E-state index contributed by atoms with van der Waals surface area (Å²) in [7, 11) is 0. The Morgan fingerprint density at radius 3 is 2.43 bits per heavy atom. The van der Waals surface area contributed by atoms with Crippen molar-refractivity contribution >= 4 is 32.5 Å². The lowest BCUT2D eigenvalue weighted by Gasteiger charge is -2.15. The Hall–Kier alpha value is -1.44. The van der Waals surface area contributed by atoms with Crippen molar-refractivity contribution in [2.45, 2.75) is 19.5 Å². The van der Waals surface area contributed by atoms with Gasteiger partial charge in [-0.2, -0.15) is 13.2 Å². The summed E-state index contributed by atoms with van der Waals surface area (Å²) in [4.78, 5) is 3.28. The van der Waals surface area contributed by atoms with E-state index in [2.05, 4.69) is 26.2 Å². The zero-order valence-electron chi connectivity index (χ0n) is 10.8. The number of rotatable bonds is 3. The molecule has 8 heteroatoms. The molecule has 0 aliphatic carbocycles. The summed E-state index contributed by atoms with van der Waals surface area (Å²) in [5, 5.41) is 2.69. The number of nitrogens with zero attached hydrogens (tertiary/aromatic N) is 1. The van der Waals surface area contributed by atoms with Gasteiger partial charge in [-0.05, 0) is 28.4 Å². The predicted molar refractivity (Wildman–Crippen MR) is 73.1 cm³/mol. The molecule has 2 rings (SSSR count). The maximum atomic E-state index is 13.8. The minimum Gasteiger partial charge on any atom is -0.384 e. The summed E-state index contributed by atoms with van der Waals surface area (Å²) >= 11 is 2.93. The highest BCUT2D eigenvalue weighted by Crippen LogP contribution is 2.38. The van der Waals surface area contributed by atoms with Gasteiger partial charge < -0.3 is 5.32 Å². The third kappa shape index (κ3) is 3.09. The van der Waals surface area contributed by atoms with Crippen LogP contribution in [0.5, 0.6) is 0 Å². The van der Waals surface area contributed by atoms with Gasteiger partial charge in [0.2, 0.25) is 0 Å². The molecule has 114 valence electrons. The van der Waals surface area contributed by atoms with Crippen LogP contribution in [0.4, 0.5) is 27.6 Å². The van der Waals surface area contributed by atoms with Gasteiger partial charge in [0.25, 0.3) is 0 Å². The molecule has 0 spiro atoms. The van der Waals surface area contributed by atoms with Crippen LogP contribution in [-0.2, 0) is 6.18 Å². The molecular weight excluding hydrogens is 359 g/mol. The van der Waals surface area contributed by atoms with Crippen molar-refractivity contribution < 1.29 is 22.0 Å². The van der Waals surface area contributed by atoms with Gasteiger partial charge in [-0.1, -0.05) is 6.92 Å². The third-order valence-electron chi connectivity index (χ3n) is 2.78. The van der Waals surface area contributed by atoms with Gasteiger partial charge in [0.1, 0.15) is 17.0 Å². The number of hydrogen-bond acceptors (Lipinski definition) is 2. The van der Waals surface area contributed by atoms with E-state index in [1.54, 1.807) is 0 Å². The summed E-state index contributed by atoms with van der Waals surface area (Å²) in [5.74, 6) is -2.04. The first-order chi connectivity index (χ1) is 9.75. The Morgan fingerprint density at radius 2 is 1.86 bits per heavy atom. The highest BCUT2D eigenvalue weighted by molar-refractivity contribution is 9.10. The van der Waals surface area contributed by atoms with E-state index in [4.69, 9.17) is 0 Å². The predicted octanol–water partition coefficient (Wildman–Crippen LogP) is 5.12. The fourth-order valence-electron chi connectivity index (χ4n) is 1.85. The quantitative estimate of drug-likeness (QED) is 0.600. The number of alkyl halides is 3. The molecule has 0 bridgehead atoms.